The number of hydrogen-bond acceptors (Lipinski definition) is 5. The molecule has 0 saturated heterocycles. The van der Waals surface area contributed by atoms with Crippen LogP contribution in [0.3, 0.4) is 0 Å². The fourth-order valence-electron chi connectivity index (χ4n) is 2.36. The zero-order valence-electron chi connectivity index (χ0n) is 10.7. The van der Waals surface area contributed by atoms with Crippen LogP contribution in [0.5, 0.6) is 0 Å². The maximum absolute atomic E-state index is 11.7. The molecular weight excluding hydrogens is 256 g/mol. The lowest BCUT2D eigenvalue weighted by molar-refractivity contribution is -0.137. The van der Waals surface area contributed by atoms with E-state index in [1.807, 2.05) is 0 Å². The molecule has 0 aromatic carbocycles. The highest BCUT2D eigenvalue weighted by atomic mass is 32.2. The van der Waals surface area contributed by atoms with E-state index in [9.17, 15) is 13.2 Å². The molecule has 0 bridgehead atoms. The Morgan fingerprint density at radius 1 is 1.39 bits per heavy atom. The Morgan fingerprint density at radius 3 is 2.50 bits per heavy atom. The number of ether oxygens (including phenoxy) is 1. The molecule has 0 aliphatic heterocycles. The number of sulfonamides is 1. The monoisotopic (exact) mass is 278 g/mol. The zero-order chi connectivity index (χ0) is 13.6. The standard InChI is InChI=1S/C11H22N2O4S/c1-17-11(14)8-18(15,16)13-10(7-12)9-5-3-2-4-6-9/h9-10,13H,2-8,12H2,1H3. The van der Waals surface area contributed by atoms with Crippen molar-refractivity contribution in [3.8, 4) is 0 Å². The second kappa shape index (κ2) is 7.06. The molecule has 0 radical (unpaired) electrons. The van der Waals surface area contributed by atoms with Crippen LogP contribution in [0.1, 0.15) is 32.1 Å². The normalized spacial score (nSPS) is 19.4. The number of carbonyl (C=O) groups is 1. The van der Waals surface area contributed by atoms with E-state index in [0.29, 0.717) is 0 Å². The first kappa shape index (κ1) is 15.4. The minimum Gasteiger partial charge on any atom is -0.468 e. The highest BCUT2D eigenvalue weighted by Crippen LogP contribution is 2.26. The number of nitrogens with two attached hydrogens (primary N) is 1. The summed E-state index contributed by atoms with van der Waals surface area (Å²) in [4.78, 5) is 11.0. The fourth-order valence-corrected chi connectivity index (χ4v) is 3.62. The summed E-state index contributed by atoms with van der Waals surface area (Å²) < 4.78 is 30.4. The molecule has 0 amide bonds. The summed E-state index contributed by atoms with van der Waals surface area (Å²) in [5.74, 6) is -1.13. The smallest absolute Gasteiger partial charge is 0.322 e. The Bertz CT molecular complexity index is 363. The van der Waals surface area contributed by atoms with Crippen LogP contribution in [0, 0.1) is 5.92 Å². The molecule has 1 rings (SSSR count). The minimum absolute atomic E-state index is 0.255. The Kier molecular flexibility index (Phi) is 6.04. The topological polar surface area (TPSA) is 98.5 Å². The van der Waals surface area contributed by atoms with Crippen molar-refractivity contribution < 1.29 is 17.9 Å². The molecule has 1 atom stereocenters. The number of carbonyl (C=O) groups excluding carboxylic acids is 1. The Labute approximate surface area is 108 Å². The molecule has 1 aliphatic rings. The van der Waals surface area contributed by atoms with Crippen LogP contribution in [0.15, 0.2) is 0 Å². The molecule has 18 heavy (non-hydrogen) atoms. The molecule has 106 valence electrons. The van der Waals surface area contributed by atoms with Crippen LogP contribution in [0.2, 0.25) is 0 Å². The Hall–Kier alpha value is -0.660. The van der Waals surface area contributed by atoms with Crippen molar-refractivity contribution >= 4 is 16.0 Å². The summed E-state index contributed by atoms with van der Waals surface area (Å²) in [7, 11) is -2.49. The predicted molar refractivity (Wildman–Crippen MR) is 68.4 cm³/mol. The molecule has 0 aromatic rings. The molecular formula is C11H22N2O4S. The molecule has 6 nitrogen and oxygen atoms in total. The van der Waals surface area contributed by atoms with Gasteiger partial charge in [0.15, 0.2) is 5.75 Å². The van der Waals surface area contributed by atoms with E-state index in [2.05, 4.69) is 9.46 Å². The fraction of sp³-hybridized carbons (Fsp3) is 0.909. The first-order chi connectivity index (χ1) is 8.48. The number of methoxy groups -OCH3 is 1. The summed E-state index contributed by atoms with van der Waals surface area (Å²) >= 11 is 0. The number of nitrogens with one attached hydrogen (secondary N) is 1. The van der Waals surface area contributed by atoms with Gasteiger partial charge in [0.2, 0.25) is 10.0 Å². The summed E-state index contributed by atoms with van der Waals surface area (Å²) in [5, 5.41) is 0. The van der Waals surface area contributed by atoms with Crippen LogP contribution in [-0.2, 0) is 19.6 Å². The van der Waals surface area contributed by atoms with Gasteiger partial charge in [-0.05, 0) is 18.8 Å². The molecule has 0 aromatic heterocycles. The van der Waals surface area contributed by atoms with E-state index in [1.165, 1.54) is 13.5 Å². The third-order valence-corrected chi connectivity index (χ3v) is 4.62. The van der Waals surface area contributed by atoms with Gasteiger partial charge in [0.25, 0.3) is 0 Å². The van der Waals surface area contributed by atoms with Crippen molar-refractivity contribution in [2.45, 2.75) is 38.1 Å². The van der Waals surface area contributed by atoms with Gasteiger partial charge >= 0.3 is 5.97 Å². The largest absolute Gasteiger partial charge is 0.468 e. The predicted octanol–water partition coefficient (Wildman–Crippen LogP) is -0.0136. The lowest BCUT2D eigenvalue weighted by Gasteiger charge is -2.29. The SMILES string of the molecule is COC(=O)CS(=O)(=O)NC(CN)C1CCCCC1. The van der Waals surface area contributed by atoms with Gasteiger partial charge in [-0.3, -0.25) is 4.79 Å². The van der Waals surface area contributed by atoms with Gasteiger partial charge in [-0.25, -0.2) is 13.1 Å². The molecule has 1 unspecified atom stereocenters. The van der Waals surface area contributed by atoms with Gasteiger partial charge in [0.1, 0.15) is 0 Å². The van der Waals surface area contributed by atoms with Crippen molar-refractivity contribution in [3.05, 3.63) is 0 Å². The molecule has 1 fully saturated rings. The van der Waals surface area contributed by atoms with E-state index >= 15 is 0 Å². The summed E-state index contributed by atoms with van der Waals surface area (Å²) in [6.45, 7) is 0.255. The summed E-state index contributed by atoms with van der Waals surface area (Å²) in [6, 6.07) is -0.278. The molecule has 7 heteroatoms. The van der Waals surface area contributed by atoms with Crippen LogP contribution >= 0.6 is 0 Å². The average molecular weight is 278 g/mol. The van der Waals surface area contributed by atoms with E-state index in [1.54, 1.807) is 0 Å². The van der Waals surface area contributed by atoms with Crippen molar-refractivity contribution in [2.24, 2.45) is 11.7 Å². The Morgan fingerprint density at radius 2 is 2.00 bits per heavy atom. The van der Waals surface area contributed by atoms with Gasteiger partial charge in [-0.2, -0.15) is 0 Å². The number of esters is 1. The quantitative estimate of drug-likeness (QED) is 0.666. The van der Waals surface area contributed by atoms with E-state index in [4.69, 9.17) is 5.73 Å². The minimum atomic E-state index is -3.66. The van der Waals surface area contributed by atoms with Crippen molar-refractivity contribution in [1.82, 2.24) is 4.72 Å². The third kappa shape index (κ3) is 4.91. The molecule has 0 spiro atoms. The second-order valence-corrected chi connectivity index (χ2v) is 6.45. The highest BCUT2D eigenvalue weighted by Gasteiger charge is 2.27. The number of rotatable bonds is 6. The Balaban J connectivity index is 2.58. The van der Waals surface area contributed by atoms with Gasteiger partial charge in [0.05, 0.1) is 7.11 Å². The van der Waals surface area contributed by atoms with E-state index in [0.717, 1.165) is 25.7 Å². The van der Waals surface area contributed by atoms with E-state index in [-0.39, 0.29) is 18.5 Å². The average Bonchev–Trinajstić information content (AvgIpc) is 2.36. The lowest BCUT2D eigenvalue weighted by Crippen LogP contribution is -2.47. The van der Waals surface area contributed by atoms with Gasteiger partial charge in [-0.1, -0.05) is 19.3 Å². The molecule has 1 saturated carbocycles. The van der Waals surface area contributed by atoms with Crippen LogP contribution in [0.4, 0.5) is 0 Å². The van der Waals surface area contributed by atoms with Crippen molar-refractivity contribution in [2.75, 3.05) is 19.4 Å². The lowest BCUT2D eigenvalue weighted by atomic mass is 9.84. The van der Waals surface area contributed by atoms with Crippen LogP contribution < -0.4 is 10.5 Å². The van der Waals surface area contributed by atoms with Crippen molar-refractivity contribution in [1.29, 1.82) is 0 Å². The molecule has 1 aliphatic carbocycles. The van der Waals surface area contributed by atoms with E-state index < -0.39 is 21.7 Å². The maximum Gasteiger partial charge on any atom is 0.322 e. The highest BCUT2D eigenvalue weighted by molar-refractivity contribution is 7.90. The second-order valence-electron chi connectivity index (χ2n) is 4.69. The van der Waals surface area contributed by atoms with Gasteiger partial charge in [-0.15, -0.1) is 0 Å². The molecule has 3 N–H and O–H groups in total. The van der Waals surface area contributed by atoms with Gasteiger partial charge < -0.3 is 10.5 Å². The van der Waals surface area contributed by atoms with Crippen molar-refractivity contribution in [3.63, 3.8) is 0 Å². The summed E-state index contributed by atoms with van der Waals surface area (Å²) in [5.41, 5.74) is 5.63. The maximum atomic E-state index is 11.7. The first-order valence-corrected chi connectivity index (χ1v) is 7.90. The van der Waals surface area contributed by atoms with Gasteiger partial charge in [0, 0.05) is 12.6 Å². The molecule has 0 heterocycles. The first-order valence-electron chi connectivity index (χ1n) is 6.25. The zero-order valence-corrected chi connectivity index (χ0v) is 11.5. The van der Waals surface area contributed by atoms with Crippen LogP contribution in [0.25, 0.3) is 0 Å². The number of hydrogen-bond donors (Lipinski definition) is 2. The summed E-state index contributed by atoms with van der Waals surface area (Å²) in [6.07, 6.45) is 5.40. The van der Waals surface area contributed by atoms with Crippen LogP contribution in [-0.4, -0.2) is 39.8 Å². The third-order valence-electron chi connectivity index (χ3n) is 3.34.